The Balaban J connectivity index is 3.13. The molecule has 0 aliphatic rings. The van der Waals surface area contributed by atoms with Crippen molar-refractivity contribution in [3.8, 4) is 0 Å². The molecule has 0 saturated carbocycles. The number of hydrogen-bond acceptors (Lipinski definition) is 4. The van der Waals surface area contributed by atoms with Gasteiger partial charge >= 0.3 is 5.69 Å². The summed E-state index contributed by atoms with van der Waals surface area (Å²) in [6.07, 6.45) is 0. The van der Waals surface area contributed by atoms with Crippen LogP contribution in [0.3, 0.4) is 0 Å². The molecular formula is C9H11ClN2O2S. The highest BCUT2D eigenvalue weighted by molar-refractivity contribution is 8.00. The van der Waals surface area contributed by atoms with E-state index in [-0.39, 0.29) is 15.6 Å². The van der Waals surface area contributed by atoms with E-state index in [0.29, 0.717) is 5.03 Å². The number of hydrogen-bond donors (Lipinski definition) is 0. The Bertz CT molecular complexity index is 390. The highest BCUT2D eigenvalue weighted by Crippen LogP contribution is 2.36. The number of nitro groups is 1. The second kappa shape index (κ2) is 4.37. The van der Waals surface area contributed by atoms with Crippen molar-refractivity contribution < 1.29 is 4.92 Å². The molecule has 1 heterocycles. The molecule has 4 nitrogen and oxygen atoms in total. The van der Waals surface area contributed by atoms with Crippen LogP contribution in [-0.4, -0.2) is 14.7 Å². The Kier molecular flexibility index (Phi) is 3.57. The number of rotatable bonds is 2. The molecule has 0 fully saturated rings. The van der Waals surface area contributed by atoms with Crippen LogP contribution in [0.25, 0.3) is 0 Å². The number of thioether (sulfide) groups is 1. The zero-order chi connectivity index (χ0) is 11.6. The highest BCUT2D eigenvalue weighted by Gasteiger charge is 2.22. The lowest BCUT2D eigenvalue weighted by atomic mass is 10.3. The maximum Gasteiger partial charge on any atom is 0.301 e. The largest absolute Gasteiger partial charge is 0.301 e. The van der Waals surface area contributed by atoms with E-state index in [4.69, 9.17) is 11.6 Å². The molecule has 1 rings (SSSR count). The van der Waals surface area contributed by atoms with Crippen LogP contribution in [0.15, 0.2) is 17.2 Å². The normalized spacial score (nSPS) is 11.5. The maximum atomic E-state index is 10.7. The van der Waals surface area contributed by atoms with Crippen molar-refractivity contribution in [2.75, 3.05) is 0 Å². The summed E-state index contributed by atoms with van der Waals surface area (Å²) < 4.78 is -0.136. The quantitative estimate of drug-likeness (QED) is 0.347. The van der Waals surface area contributed by atoms with Gasteiger partial charge in [0.2, 0.25) is 0 Å². The molecule has 82 valence electrons. The lowest BCUT2D eigenvalue weighted by molar-refractivity contribution is -0.388. The fourth-order valence-corrected chi connectivity index (χ4v) is 2.08. The zero-order valence-electron chi connectivity index (χ0n) is 8.65. The standard InChI is InChI=1S/C9H11ClN2O2S/c1-9(2,3)15-8-6(12(13)14)4-5-7(10)11-8/h4-5H,1-3H3. The van der Waals surface area contributed by atoms with Gasteiger partial charge in [-0.05, 0) is 6.07 Å². The third-order valence-corrected chi connectivity index (χ3v) is 2.72. The van der Waals surface area contributed by atoms with E-state index < -0.39 is 4.92 Å². The summed E-state index contributed by atoms with van der Waals surface area (Å²) in [6.45, 7) is 5.89. The van der Waals surface area contributed by atoms with Crippen LogP contribution in [0.4, 0.5) is 5.69 Å². The van der Waals surface area contributed by atoms with Gasteiger partial charge in [-0.3, -0.25) is 10.1 Å². The predicted octanol–water partition coefficient (Wildman–Crippen LogP) is 3.53. The van der Waals surface area contributed by atoms with E-state index in [2.05, 4.69) is 4.98 Å². The van der Waals surface area contributed by atoms with E-state index in [1.165, 1.54) is 23.9 Å². The Morgan fingerprint density at radius 3 is 2.53 bits per heavy atom. The summed E-state index contributed by atoms with van der Waals surface area (Å²) >= 11 is 7.04. The van der Waals surface area contributed by atoms with Crippen molar-refractivity contribution in [2.45, 2.75) is 30.5 Å². The van der Waals surface area contributed by atoms with Gasteiger partial charge in [0, 0.05) is 10.8 Å². The van der Waals surface area contributed by atoms with Crippen LogP contribution in [0.5, 0.6) is 0 Å². The SMILES string of the molecule is CC(C)(C)Sc1nc(Cl)ccc1[N+](=O)[O-]. The molecule has 0 radical (unpaired) electrons. The van der Waals surface area contributed by atoms with Crippen molar-refractivity contribution in [1.29, 1.82) is 0 Å². The highest BCUT2D eigenvalue weighted by atomic mass is 35.5. The minimum absolute atomic E-state index is 0.000625. The zero-order valence-corrected chi connectivity index (χ0v) is 10.2. The molecule has 1 aromatic heterocycles. The molecular weight excluding hydrogens is 236 g/mol. The van der Waals surface area contributed by atoms with E-state index in [1.54, 1.807) is 0 Å². The number of nitrogens with zero attached hydrogens (tertiary/aromatic N) is 2. The summed E-state index contributed by atoms with van der Waals surface area (Å²) in [7, 11) is 0. The van der Waals surface area contributed by atoms with E-state index in [9.17, 15) is 10.1 Å². The van der Waals surface area contributed by atoms with Gasteiger partial charge in [-0.2, -0.15) is 0 Å². The fraction of sp³-hybridized carbons (Fsp3) is 0.444. The smallest absolute Gasteiger partial charge is 0.258 e. The van der Waals surface area contributed by atoms with Crippen LogP contribution in [-0.2, 0) is 0 Å². The van der Waals surface area contributed by atoms with Crippen LogP contribution >= 0.6 is 23.4 Å². The third kappa shape index (κ3) is 3.68. The summed E-state index contributed by atoms with van der Waals surface area (Å²) in [5.74, 6) is 0. The molecule has 0 aliphatic heterocycles. The predicted molar refractivity (Wildman–Crippen MR) is 61.5 cm³/mol. The first-order chi connectivity index (χ1) is 6.79. The Morgan fingerprint density at radius 1 is 1.47 bits per heavy atom. The third-order valence-electron chi connectivity index (χ3n) is 1.41. The molecule has 6 heteroatoms. The molecule has 0 aliphatic carbocycles. The van der Waals surface area contributed by atoms with E-state index in [1.807, 2.05) is 20.8 Å². The average Bonchev–Trinajstić information content (AvgIpc) is 1.99. The first kappa shape index (κ1) is 12.3. The summed E-state index contributed by atoms with van der Waals surface area (Å²) in [4.78, 5) is 14.2. The van der Waals surface area contributed by atoms with Gasteiger partial charge in [-0.15, -0.1) is 0 Å². The maximum absolute atomic E-state index is 10.7. The molecule has 0 unspecified atom stereocenters. The van der Waals surface area contributed by atoms with Gasteiger partial charge < -0.3 is 0 Å². The van der Waals surface area contributed by atoms with Gasteiger partial charge in [0.1, 0.15) is 5.15 Å². The second-order valence-electron chi connectivity index (χ2n) is 3.93. The number of pyridine rings is 1. The number of aromatic nitrogens is 1. The lowest BCUT2D eigenvalue weighted by Crippen LogP contribution is -2.08. The van der Waals surface area contributed by atoms with E-state index >= 15 is 0 Å². The summed E-state index contributed by atoms with van der Waals surface area (Å²) in [5, 5.41) is 11.4. The number of halogens is 1. The molecule has 0 bridgehead atoms. The average molecular weight is 247 g/mol. The topological polar surface area (TPSA) is 56.0 Å². The fourth-order valence-electron chi connectivity index (χ4n) is 0.915. The van der Waals surface area contributed by atoms with E-state index in [0.717, 1.165) is 0 Å². The van der Waals surface area contributed by atoms with Crippen molar-refractivity contribution >= 4 is 29.1 Å². The molecule has 0 saturated heterocycles. The minimum Gasteiger partial charge on any atom is -0.258 e. The van der Waals surface area contributed by atoms with Crippen molar-refractivity contribution in [3.63, 3.8) is 0 Å². The van der Waals surface area contributed by atoms with Crippen LogP contribution < -0.4 is 0 Å². The molecule has 0 atom stereocenters. The summed E-state index contributed by atoms with van der Waals surface area (Å²) in [5.41, 5.74) is -0.000625. The van der Waals surface area contributed by atoms with Crippen molar-refractivity contribution in [1.82, 2.24) is 4.98 Å². The van der Waals surface area contributed by atoms with Gasteiger partial charge in [0.25, 0.3) is 0 Å². The summed E-state index contributed by atoms with van der Waals surface area (Å²) in [6, 6.07) is 2.80. The first-order valence-corrected chi connectivity index (χ1v) is 5.49. The van der Waals surface area contributed by atoms with Crippen LogP contribution in [0, 0.1) is 10.1 Å². The Labute approximate surface area is 97.2 Å². The Hall–Kier alpha value is -0.810. The van der Waals surface area contributed by atoms with Gasteiger partial charge in [-0.1, -0.05) is 44.1 Å². The van der Waals surface area contributed by atoms with Gasteiger partial charge in [0.05, 0.1) is 4.92 Å². The van der Waals surface area contributed by atoms with Gasteiger partial charge in [-0.25, -0.2) is 4.98 Å². The lowest BCUT2D eigenvalue weighted by Gasteiger charge is -2.16. The Morgan fingerprint density at radius 2 is 2.07 bits per heavy atom. The van der Waals surface area contributed by atoms with Crippen LogP contribution in [0.2, 0.25) is 5.15 Å². The minimum atomic E-state index is -0.447. The molecule has 0 N–H and O–H groups in total. The second-order valence-corrected chi connectivity index (χ2v) is 6.13. The van der Waals surface area contributed by atoms with Gasteiger partial charge in [0.15, 0.2) is 5.03 Å². The molecule has 0 aromatic carbocycles. The molecule has 0 amide bonds. The monoisotopic (exact) mass is 246 g/mol. The van der Waals surface area contributed by atoms with Crippen molar-refractivity contribution in [2.24, 2.45) is 0 Å². The molecule has 1 aromatic rings. The van der Waals surface area contributed by atoms with Crippen molar-refractivity contribution in [3.05, 3.63) is 27.4 Å². The first-order valence-electron chi connectivity index (χ1n) is 4.29. The molecule has 0 spiro atoms. The van der Waals surface area contributed by atoms with Crippen LogP contribution in [0.1, 0.15) is 20.8 Å². The molecule has 15 heavy (non-hydrogen) atoms.